The van der Waals surface area contributed by atoms with Crippen LogP contribution in [-0.4, -0.2) is 58.0 Å². The number of hydrogen-bond acceptors (Lipinski definition) is 8. The predicted molar refractivity (Wildman–Crippen MR) is 90.3 cm³/mol. The summed E-state index contributed by atoms with van der Waals surface area (Å²) >= 11 is 0. The molecule has 0 spiro atoms. The van der Waals surface area contributed by atoms with Crippen LogP contribution in [0.3, 0.4) is 0 Å². The number of hydrogen-bond donors (Lipinski definition) is 2. The summed E-state index contributed by atoms with van der Waals surface area (Å²) in [5.74, 6) is -0.575. The lowest BCUT2D eigenvalue weighted by molar-refractivity contribution is -0.384. The number of rotatable bonds is 9. The summed E-state index contributed by atoms with van der Waals surface area (Å²) in [5.41, 5.74) is 5.35. The number of carbonyl (C=O) groups excluding carboxylic acids is 1. The van der Waals surface area contributed by atoms with Crippen molar-refractivity contribution < 1.29 is 23.9 Å². The number of carbonyl (C=O) groups is 1. The molecule has 1 aromatic carbocycles. The first kappa shape index (κ1) is 21.8. The standard InChI is InChI=1S/C12H16N2O5.C3H9NO/c1-3-19-12(15)9-4-5-10(13-6-7-18-2)11(8-9)14(16)17;1-5-3-2-4/h4-5,8,13H,3,6-7H2,1-2H3;2-4H2,1H3. The van der Waals surface area contributed by atoms with Gasteiger partial charge < -0.3 is 25.3 Å². The Balaban J connectivity index is 0.000000922. The molecule has 0 aromatic heterocycles. The Morgan fingerprint density at radius 3 is 2.42 bits per heavy atom. The van der Waals surface area contributed by atoms with Crippen LogP contribution in [0.1, 0.15) is 17.3 Å². The van der Waals surface area contributed by atoms with E-state index in [4.69, 9.17) is 15.2 Å². The van der Waals surface area contributed by atoms with Gasteiger partial charge in [-0.2, -0.15) is 0 Å². The van der Waals surface area contributed by atoms with Crippen molar-refractivity contribution in [2.45, 2.75) is 6.92 Å². The van der Waals surface area contributed by atoms with E-state index in [1.165, 1.54) is 18.2 Å². The number of nitro benzene ring substituents is 1. The van der Waals surface area contributed by atoms with Crippen molar-refractivity contribution in [3.8, 4) is 0 Å². The van der Waals surface area contributed by atoms with Crippen molar-refractivity contribution >= 4 is 17.3 Å². The molecule has 0 aliphatic carbocycles. The summed E-state index contributed by atoms with van der Waals surface area (Å²) in [6.07, 6.45) is 0. The van der Waals surface area contributed by atoms with Gasteiger partial charge in [0.25, 0.3) is 5.69 Å². The van der Waals surface area contributed by atoms with Gasteiger partial charge in [-0.05, 0) is 19.1 Å². The van der Waals surface area contributed by atoms with E-state index in [9.17, 15) is 14.9 Å². The first-order valence-corrected chi connectivity index (χ1v) is 7.39. The Labute approximate surface area is 141 Å². The third-order valence-corrected chi connectivity index (χ3v) is 2.65. The van der Waals surface area contributed by atoms with Crippen LogP contribution in [0.2, 0.25) is 0 Å². The van der Waals surface area contributed by atoms with E-state index in [2.05, 4.69) is 10.1 Å². The number of nitrogens with zero attached hydrogens (tertiary/aromatic N) is 1. The van der Waals surface area contributed by atoms with Crippen molar-refractivity contribution in [3.63, 3.8) is 0 Å². The highest BCUT2D eigenvalue weighted by molar-refractivity contribution is 5.91. The number of methoxy groups -OCH3 is 2. The molecule has 136 valence electrons. The molecule has 1 aromatic rings. The fraction of sp³-hybridized carbons (Fsp3) is 0.533. The normalized spacial score (nSPS) is 9.67. The van der Waals surface area contributed by atoms with Crippen LogP contribution in [0.15, 0.2) is 18.2 Å². The molecule has 0 bridgehead atoms. The van der Waals surface area contributed by atoms with Gasteiger partial charge in [-0.15, -0.1) is 0 Å². The first-order valence-electron chi connectivity index (χ1n) is 7.39. The highest BCUT2D eigenvalue weighted by atomic mass is 16.6. The molecule has 1 rings (SSSR count). The topological polar surface area (TPSA) is 126 Å². The molecule has 0 aliphatic rings. The van der Waals surface area contributed by atoms with Gasteiger partial charge in [0.2, 0.25) is 0 Å². The van der Waals surface area contributed by atoms with Crippen LogP contribution in [0.25, 0.3) is 0 Å². The summed E-state index contributed by atoms with van der Waals surface area (Å²) in [6, 6.07) is 4.17. The van der Waals surface area contributed by atoms with Gasteiger partial charge in [-0.3, -0.25) is 10.1 Å². The second-order valence-electron chi connectivity index (χ2n) is 4.41. The zero-order valence-electron chi connectivity index (χ0n) is 14.2. The van der Waals surface area contributed by atoms with Crippen LogP contribution in [0.4, 0.5) is 11.4 Å². The number of esters is 1. The molecule has 0 amide bonds. The molecule has 0 atom stereocenters. The minimum Gasteiger partial charge on any atom is -0.462 e. The van der Waals surface area contributed by atoms with Crippen LogP contribution in [-0.2, 0) is 14.2 Å². The van der Waals surface area contributed by atoms with Crippen LogP contribution < -0.4 is 11.1 Å². The quantitative estimate of drug-likeness (QED) is 0.298. The average molecular weight is 343 g/mol. The number of nitrogens with one attached hydrogen (secondary N) is 1. The maximum absolute atomic E-state index is 11.5. The number of benzene rings is 1. The largest absolute Gasteiger partial charge is 0.462 e. The number of anilines is 1. The Morgan fingerprint density at radius 1 is 1.29 bits per heavy atom. The Kier molecular flexibility index (Phi) is 12.0. The maximum atomic E-state index is 11.5. The Morgan fingerprint density at radius 2 is 1.96 bits per heavy atom. The van der Waals surface area contributed by atoms with E-state index in [1.54, 1.807) is 21.1 Å². The molecule has 0 saturated heterocycles. The number of ether oxygens (including phenoxy) is 3. The second-order valence-corrected chi connectivity index (χ2v) is 4.41. The maximum Gasteiger partial charge on any atom is 0.338 e. The predicted octanol–water partition coefficient (Wildman–Crippen LogP) is 1.42. The van der Waals surface area contributed by atoms with E-state index in [1.807, 2.05) is 0 Å². The summed E-state index contributed by atoms with van der Waals surface area (Å²) in [6.45, 7) is 4.05. The van der Waals surface area contributed by atoms with Gasteiger partial charge in [0, 0.05) is 33.4 Å². The fourth-order valence-electron chi connectivity index (χ4n) is 1.58. The van der Waals surface area contributed by atoms with Crippen molar-refractivity contribution in [2.75, 3.05) is 52.4 Å². The van der Waals surface area contributed by atoms with Gasteiger partial charge in [0.1, 0.15) is 5.69 Å². The molecule has 3 N–H and O–H groups in total. The molecule has 0 aliphatic heterocycles. The van der Waals surface area contributed by atoms with Crippen LogP contribution in [0, 0.1) is 10.1 Å². The monoisotopic (exact) mass is 343 g/mol. The summed E-state index contributed by atoms with van der Waals surface area (Å²) in [7, 11) is 3.17. The molecule has 0 saturated carbocycles. The third-order valence-electron chi connectivity index (χ3n) is 2.65. The molecule has 0 radical (unpaired) electrons. The molecule has 0 unspecified atom stereocenters. The van der Waals surface area contributed by atoms with Crippen LogP contribution in [0.5, 0.6) is 0 Å². The third kappa shape index (κ3) is 8.42. The molecular weight excluding hydrogens is 318 g/mol. The minimum atomic E-state index is -0.575. The van der Waals surface area contributed by atoms with Gasteiger partial charge >= 0.3 is 5.97 Å². The molecule has 9 nitrogen and oxygen atoms in total. The van der Waals surface area contributed by atoms with E-state index in [0.29, 0.717) is 32.0 Å². The smallest absolute Gasteiger partial charge is 0.338 e. The summed E-state index contributed by atoms with van der Waals surface area (Å²) < 4.78 is 14.2. The van der Waals surface area contributed by atoms with E-state index >= 15 is 0 Å². The highest BCUT2D eigenvalue weighted by Crippen LogP contribution is 2.25. The molecule has 9 heteroatoms. The van der Waals surface area contributed by atoms with Gasteiger partial charge in [0.15, 0.2) is 0 Å². The lowest BCUT2D eigenvalue weighted by Gasteiger charge is -2.08. The minimum absolute atomic E-state index is 0.158. The van der Waals surface area contributed by atoms with Crippen molar-refractivity contribution in [1.29, 1.82) is 0 Å². The molecular formula is C15H25N3O6. The van der Waals surface area contributed by atoms with Crippen molar-refractivity contribution in [2.24, 2.45) is 5.73 Å². The van der Waals surface area contributed by atoms with E-state index in [0.717, 1.165) is 0 Å². The lowest BCUT2D eigenvalue weighted by atomic mass is 10.1. The zero-order valence-corrected chi connectivity index (χ0v) is 14.2. The lowest BCUT2D eigenvalue weighted by Crippen LogP contribution is -2.10. The Hall–Kier alpha value is -2.23. The fourth-order valence-corrected chi connectivity index (χ4v) is 1.58. The average Bonchev–Trinajstić information content (AvgIpc) is 2.56. The van der Waals surface area contributed by atoms with Gasteiger partial charge in [-0.25, -0.2) is 4.79 Å². The van der Waals surface area contributed by atoms with Crippen molar-refractivity contribution in [3.05, 3.63) is 33.9 Å². The SMILES string of the molecule is CCOC(=O)c1ccc(NCCOC)c([N+](=O)[O-])c1.COCCN. The summed E-state index contributed by atoms with van der Waals surface area (Å²) in [5, 5.41) is 13.8. The second kappa shape index (κ2) is 13.2. The van der Waals surface area contributed by atoms with E-state index in [-0.39, 0.29) is 17.9 Å². The summed E-state index contributed by atoms with van der Waals surface area (Å²) in [4.78, 5) is 21.9. The zero-order chi connectivity index (χ0) is 18.4. The van der Waals surface area contributed by atoms with Gasteiger partial charge in [0.05, 0.1) is 30.3 Å². The highest BCUT2D eigenvalue weighted by Gasteiger charge is 2.17. The first-order chi connectivity index (χ1) is 11.5. The van der Waals surface area contributed by atoms with Crippen LogP contribution >= 0.6 is 0 Å². The molecule has 0 fully saturated rings. The number of nitro groups is 1. The van der Waals surface area contributed by atoms with Gasteiger partial charge in [-0.1, -0.05) is 0 Å². The van der Waals surface area contributed by atoms with E-state index < -0.39 is 10.9 Å². The number of nitrogens with two attached hydrogens (primary N) is 1. The van der Waals surface area contributed by atoms with Crippen molar-refractivity contribution in [1.82, 2.24) is 0 Å². The molecule has 0 heterocycles. The Bertz CT molecular complexity index is 508. The molecule has 24 heavy (non-hydrogen) atoms.